The van der Waals surface area contributed by atoms with Crippen molar-refractivity contribution in [2.24, 2.45) is 0 Å². The first-order chi connectivity index (χ1) is 5.76. The van der Waals surface area contributed by atoms with Gasteiger partial charge in [0.25, 0.3) is 0 Å². The fourth-order valence-corrected chi connectivity index (χ4v) is 1.02. The summed E-state index contributed by atoms with van der Waals surface area (Å²) in [5.74, 6) is 0.715. The van der Waals surface area contributed by atoms with Gasteiger partial charge in [-0.1, -0.05) is 0 Å². The number of likely N-dealkylation sites (N-methyl/N-ethyl adjacent to an activating group) is 1. The molecule has 0 rings (SSSR count). The van der Waals surface area contributed by atoms with Gasteiger partial charge in [-0.05, 0) is 13.8 Å². The molecular weight excluding hydrogens is 174 g/mol. The minimum atomic E-state index is 0.0572. The van der Waals surface area contributed by atoms with Gasteiger partial charge in [0.05, 0.1) is 6.61 Å². The molecule has 3 nitrogen and oxygen atoms in total. The van der Waals surface area contributed by atoms with Crippen LogP contribution in [-0.2, 0) is 9.53 Å². The van der Waals surface area contributed by atoms with Gasteiger partial charge in [-0.2, -0.15) is 12.6 Å². The van der Waals surface area contributed by atoms with Crippen LogP contribution in [0.1, 0.15) is 13.8 Å². The third kappa shape index (κ3) is 4.62. The summed E-state index contributed by atoms with van der Waals surface area (Å²) in [5.41, 5.74) is 0. The quantitative estimate of drug-likeness (QED) is 0.497. The summed E-state index contributed by atoms with van der Waals surface area (Å²) >= 11 is 3.97. The number of nitrogens with zero attached hydrogens (tertiary/aromatic N) is 1. The van der Waals surface area contributed by atoms with E-state index in [4.69, 9.17) is 4.74 Å². The van der Waals surface area contributed by atoms with Gasteiger partial charge in [0, 0.05) is 18.8 Å². The third-order valence-electron chi connectivity index (χ3n) is 1.58. The Bertz CT molecular complexity index is 126. The number of thiol groups is 1. The molecule has 0 aromatic heterocycles. The first kappa shape index (κ1) is 11.8. The lowest BCUT2D eigenvalue weighted by atomic mass is 10.5. The molecule has 0 aliphatic carbocycles. The highest BCUT2D eigenvalue weighted by atomic mass is 32.1. The topological polar surface area (TPSA) is 29.5 Å². The van der Waals surface area contributed by atoms with Gasteiger partial charge in [-0.25, -0.2) is 0 Å². The van der Waals surface area contributed by atoms with Crippen molar-refractivity contribution < 1.29 is 9.53 Å². The van der Waals surface area contributed by atoms with E-state index in [9.17, 15) is 4.79 Å². The Morgan fingerprint density at radius 2 is 2.00 bits per heavy atom. The maximum atomic E-state index is 11.3. The van der Waals surface area contributed by atoms with E-state index in [2.05, 4.69) is 12.6 Å². The highest BCUT2D eigenvalue weighted by molar-refractivity contribution is 7.80. The van der Waals surface area contributed by atoms with E-state index >= 15 is 0 Å². The molecule has 0 atom stereocenters. The van der Waals surface area contributed by atoms with Crippen molar-refractivity contribution in [1.29, 1.82) is 0 Å². The summed E-state index contributed by atoms with van der Waals surface area (Å²) in [5, 5.41) is 0. The zero-order valence-corrected chi connectivity index (χ0v) is 8.64. The van der Waals surface area contributed by atoms with Crippen LogP contribution in [0.25, 0.3) is 0 Å². The molecule has 0 aliphatic heterocycles. The molecule has 4 heteroatoms. The molecule has 0 saturated carbocycles. The molecule has 0 N–H and O–H groups in total. The molecule has 0 aliphatic rings. The van der Waals surface area contributed by atoms with Gasteiger partial charge in [-0.15, -0.1) is 0 Å². The Labute approximate surface area is 79.5 Å². The second kappa shape index (κ2) is 7.43. The smallest absolute Gasteiger partial charge is 0.248 e. The van der Waals surface area contributed by atoms with E-state index in [1.807, 2.05) is 13.8 Å². The summed E-state index contributed by atoms with van der Waals surface area (Å²) in [6.07, 6.45) is 0. The molecular formula is C8H17NO2S. The number of carbonyl (C=O) groups is 1. The third-order valence-corrected chi connectivity index (χ3v) is 1.76. The molecule has 0 aromatic rings. The monoisotopic (exact) mass is 191 g/mol. The van der Waals surface area contributed by atoms with Crippen molar-refractivity contribution >= 4 is 18.5 Å². The van der Waals surface area contributed by atoms with Gasteiger partial charge in [0.1, 0.15) is 6.61 Å². The number of hydrogen-bond donors (Lipinski definition) is 1. The Morgan fingerprint density at radius 3 is 2.42 bits per heavy atom. The first-order valence-electron chi connectivity index (χ1n) is 4.22. The summed E-state index contributed by atoms with van der Waals surface area (Å²) in [7, 11) is 0. The zero-order valence-electron chi connectivity index (χ0n) is 7.75. The summed E-state index contributed by atoms with van der Waals surface area (Å²) in [6.45, 7) is 6.14. The maximum absolute atomic E-state index is 11.3. The summed E-state index contributed by atoms with van der Waals surface area (Å²) < 4.78 is 5.06. The fourth-order valence-electron chi connectivity index (χ4n) is 0.892. The molecule has 1 amide bonds. The Kier molecular flexibility index (Phi) is 7.29. The van der Waals surface area contributed by atoms with Crippen LogP contribution in [0.15, 0.2) is 0 Å². The minimum absolute atomic E-state index is 0.0572. The second-order valence-electron chi connectivity index (χ2n) is 2.34. The second-order valence-corrected chi connectivity index (χ2v) is 2.79. The molecule has 0 aromatic carbocycles. The SMILES string of the molecule is CCN(CC)C(=O)COCCS. The van der Waals surface area contributed by atoms with Gasteiger partial charge in [-0.3, -0.25) is 4.79 Å². The Morgan fingerprint density at radius 1 is 1.42 bits per heavy atom. The molecule has 0 saturated heterocycles. The van der Waals surface area contributed by atoms with E-state index in [0.29, 0.717) is 12.4 Å². The van der Waals surface area contributed by atoms with Crippen LogP contribution in [0.4, 0.5) is 0 Å². The van der Waals surface area contributed by atoms with Gasteiger partial charge in [0.15, 0.2) is 0 Å². The van der Waals surface area contributed by atoms with Crippen LogP contribution in [0.3, 0.4) is 0 Å². The lowest BCUT2D eigenvalue weighted by Gasteiger charge is -2.18. The van der Waals surface area contributed by atoms with Crippen LogP contribution in [0.2, 0.25) is 0 Å². The first-order valence-corrected chi connectivity index (χ1v) is 4.85. The number of carbonyl (C=O) groups excluding carboxylic acids is 1. The van der Waals surface area contributed by atoms with E-state index in [1.54, 1.807) is 4.90 Å². The summed E-state index contributed by atoms with van der Waals surface area (Å²) in [6, 6.07) is 0. The molecule has 12 heavy (non-hydrogen) atoms. The van der Waals surface area contributed by atoms with Crippen LogP contribution in [-0.4, -0.2) is 42.9 Å². The van der Waals surface area contributed by atoms with Crippen LogP contribution in [0, 0.1) is 0 Å². The van der Waals surface area contributed by atoms with E-state index < -0.39 is 0 Å². The van der Waals surface area contributed by atoms with Crippen molar-refractivity contribution in [2.45, 2.75) is 13.8 Å². The van der Waals surface area contributed by atoms with Crippen molar-refractivity contribution in [3.8, 4) is 0 Å². The van der Waals surface area contributed by atoms with E-state index in [0.717, 1.165) is 13.1 Å². The lowest BCUT2D eigenvalue weighted by molar-refractivity contribution is -0.135. The number of rotatable bonds is 6. The molecule has 0 unspecified atom stereocenters. The van der Waals surface area contributed by atoms with Gasteiger partial charge in [0.2, 0.25) is 5.91 Å². The molecule has 0 bridgehead atoms. The van der Waals surface area contributed by atoms with E-state index in [1.165, 1.54) is 0 Å². The normalized spacial score (nSPS) is 9.92. The van der Waals surface area contributed by atoms with Crippen molar-refractivity contribution in [1.82, 2.24) is 4.90 Å². The number of hydrogen-bond acceptors (Lipinski definition) is 3. The fraction of sp³-hybridized carbons (Fsp3) is 0.875. The largest absolute Gasteiger partial charge is 0.371 e. The molecule has 0 radical (unpaired) electrons. The van der Waals surface area contributed by atoms with Crippen molar-refractivity contribution in [3.63, 3.8) is 0 Å². The summed E-state index contributed by atoms with van der Waals surface area (Å²) in [4.78, 5) is 13.0. The van der Waals surface area contributed by atoms with Crippen LogP contribution >= 0.6 is 12.6 Å². The standard InChI is InChI=1S/C8H17NO2S/c1-3-9(4-2)8(10)7-11-5-6-12/h12H,3-7H2,1-2H3. The average Bonchev–Trinajstić information content (AvgIpc) is 2.07. The van der Waals surface area contributed by atoms with Crippen LogP contribution < -0.4 is 0 Å². The van der Waals surface area contributed by atoms with Gasteiger partial charge >= 0.3 is 0 Å². The average molecular weight is 191 g/mol. The van der Waals surface area contributed by atoms with Crippen molar-refractivity contribution in [2.75, 3.05) is 32.1 Å². The van der Waals surface area contributed by atoms with Gasteiger partial charge < -0.3 is 9.64 Å². The van der Waals surface area contributed by atoms with E-state index in [-0.39, 0.29) is 12.5 Å². The highest BCUT2D eigenvalue weighted by Crippen LogP contribution is 1.90. The molecule has 0 fully saturated rings. The number of amides is 1. The Hall–Kier alpha value is -0.220. The minimum Gasteiger partial charge on any atom is -0.371 e. The Balaban J connectivity index is 3.54. The highest BCUT2D eigenvalue weighted by Gasteiger charge is 2.08. The predicted molar refractivity (Wildman–Crippen MR) is 52.6 cm³/mol. The van der Waals surface area contributed by atoms with Crippen LogP contribution in [0.5, 0.6) is 0 Å². The predicted octanol–water partition coefficient (Wildman–Crippen LogP) is 0.801. The number of ether oxygens (including phenoxy) is 1. The molecule has 0 spiro atoms. The maximum Gasteiger partial charge on any atom is 0.248 e. The zero-order chi connectivity index (χ0) is 9.40. The molecule has 0 heterocycles. The molecule has 72 valence electrons. The lowest BCUT2D eigenvalue weighted by Crippen LogP contribution is -2.33. The van der Waals surface area contributed by atoms with Crippen molar-refractivity contribution in [3.05, 3.63) is 0 Å².